The molecule has 2 aromatic rings. The van der Waals surface area contributed by atoms with Crippen LogP contribution in [0, 0.1) is 27.7 Å². The van der Waals surface area contributed by atoms with Crippen molar-refractivity contribution in [2.75, 3.05) is 0 Å². The third-order valence-electron chi connectivity index (χ3n) is 2.99. The lowest BCUT2D eigenvalue weighted by molar-refractivity contribution is 0.567. The van der Waals surface area contributed by atoms with Gasteiger partial charge in [0.25, 0.3) is 0 Å². The third-order valence-corrected chi connectivity index (χ3v) is 6.05. The van der Waals surface area contributed by atoms with Crippen molar-refractivity contribution >= 4 is 21.4 Å². The van der Waals surface area contributed by atoms with Crippen molar-refractivity contribution in [3.8, 4) is 0 Å². The highest BCUT2D eigenvalue weighted by Gasteiger charge is 2.26. The fourth-order valence-corrected chi connectivity index (χ4v) is 4.82. The average Bonchev–Trinajstić information content (AvgIpc) is 2.81. The molecule has 2 heterocycles. The first-order valence-corrected chi connectivity index (χ1v) is 8.50. The van der Waals surface area contributed by atoms with Crippen LogP contribution in [-0.4, -0.2) is 23.6 Å². The first-order chi connectivity index (χ1) is 9.22. The van der Waals surface area contributed by atoms with Crippen molar-refractivity contribution in [3.63, 3.8) is 0 Å². The van der Waals surface area contributed by atoms with E-state index in [9.17, 15) is 8.42 Å². The van der Waals surface area contributed by atoms with E-state index in [0.29, 0.717) is 11.4 Å². The second-order valence-corrected chi connectivity index (χ2v) is 7.67. The smallest absolute Gasteiger partial charge is 0.244 e. The molecule has 2 rings (SSSR count). The molecule has 0 saturated carbocycles. The molecule has 0 aliphatic rings. The van der Waals surface area contributed by atoms with Crippen molar-refractivity contribution in [2.24, 2.45) is 0 Å². The van der Waals surface area contributed by atoms with Crippen molar-refractivity contribution in [1.82, 2.24) is 19.9 Å². The molecule has 8 heteroatoms. The fraction of sp³-hybridized carbons (Fsp3) is 0.500. The summed E-state index contributed by atoms with van der Waals surface area (Å²) in [6, 6.07) is -0.320. The minimum absolute atomic E-state index is 0.225. The Bertz CT molecular complexity index is 711. The minimum Gasteiger partial charge on any atom is -0.281 e. The summed E-state index contributed by atoms with van der Waals surface area (Å²) in [5.41, 5.74) is 1.88. The Morgan fingerprint density at radius 3 is 2.30 bits per heavy atom. The van der Waals surface area contributed by atoms with Crippen LogP contribution in [0.4, 0.5) is 0 Å². The van der Waals surface area contributed by atoms with E-state index in [0.717, 1.165) is 15.6 Å². The summed E-state index contributed by atoms with van der Waals surface area (Å²) in [5, 5.41) is 7.55. The molecule has 0 radical (unpaired) electrons. The molecule has 1 atom stereocenters. The molecule has 20 heavy (non-hydrogen) atoms. The SMILES string of the molecule is Cc1nc(C)c(C(C)NS(=O)(=O)c2c(C)n[nH]c2C)s1. The Balaban J connectivity index is 2.32. The summed E-state index contributed by atoms with van der Waals surface area (Å²) in [5.74, 6) is 0. The van der Waals surface area contributed by atoms with Crippen LogP contribution >= 0.6 is 11.3 Å². The van der Waals surface area contributed by atoms with E-state index >= 15 is 0 Å². The summed E-state index contributed by atoms with van der Waals surface area (Å²) in [7, 11) is -3.60. The van der Waals surface area contributed by atoms with E-state index in [1.807, 2.05) is 20.8 Å². The number of thiazole rings is 1. The zero-order valence-corrected chi connectivity index (χ0v) is 13.7. The first-order valence-electron chi connectivity index (χ1n) is 6.20. The first kappa shape index (κ1) is 15.1. The van der Waals surface area contributed by atoms with Gasteiger partial charge in [0.05, 0.1) is 28.1 Å². The largest absolute Gasteiger partial charge is 0.281 e. The van der Waals surface area contributed by atoms with Crippen LogP contribution in [0.15, 0.2) is 4.90 Å². The van der Waals surface area contributed by atoms with Crippen molar-refractivity contribution in [3.05, 3.63) is 27.0 Å². The highest BCUT2D eigenvalue weighted by molar-refractivity contribution is 7.89. The van der Waals surface area contributed by atoms with E-state index in [-0.39, 0.29) is 10.9 Å². The van der Waals surface area contributed by atoms with Crippen molar-refractivity contribution in [1.29, 1.82) is 0 Å². The number of H-pyrrole nitrogens is 1. The quantitative estimate of drug-likeness (QED) is 0.905. The molecule has 0 aliphatic heterocycles. The summed E-state index contributed by atoms with van der Waals surface area (Å²) in [4.78, 5) is 5.49. The molecule has 0 aromatic carbocycles. The number of aryl methyl sites for hydroxylation is 4. The molecule has 0 bridgehead atoms. The lowest BCUT2D eigenvalue weighted by Gasteiger charge is -2.13. The summed E-state index contributed by atoms with van der Waals surface area (Å²) in [6.45, 7) is 8.99. The van der Waals surface area contributed by atoms with Gasteiger partial charge >= 0.3 is 0 Å². The molecule has 2 aromatic heterocycles. The van der Waals surface area contributed by atoms with E-state index in [1.165, 1.54) is 11.3 Å². The number of aromatic amines is 1. The van der Waals surface area contributed by atoms with E-state index in [2.05, 4.69) is 19.9 Å². The third kappa shape index (κ3) is 2.77. The van der Waals surface area contributed by atoms with Gasteiger partial charge in [0.1, 0.15) is 4.90 Å². The second kappa shape index (κ2) is 5.27. The Morgan fingerprint density at radius 1 is 1.20 bits per heavy atom. The molecule has 0 amide bonds. The number of sulfonamides is 1. The van der Waals surface area contributed by atoms with E-state index < -0.39 is 10.0 Å². The Morgan fingerprint density at radius 2 is 1.85 bits per heavy atom. The lowest BCUT2D eigenvalue weighted by Crippen LogP contribution is -2.27. The summed E-state index contributed by atoms with van der Waals surface area (Å²) < 4.78 is 27.6. The molecule has 110 valence electrons. The van der Waals surface area contributed by atoms with Gasteiger partial charge < -0.3 is 0 Å². The highest BCUT2D eigenvalue weighted by atomic mass is 32.2. The summed E-state index contributed by atoms with van der Waals surface area (Å²) in [6.07, 6.45) is 0. The minimum atomic E-state index is -3.60. The normalized spacial score (nSPS) is 13.7. The highest BCUT2D eigenvalue weighted by Crippen LogP contribution is 2.26. The second-order valence-electron chi connectivity index (χ2n) is 4.79. The monoisotopic (exact) mass is 314 g/mol. The van der Waals surface area contributed by atoms with Crippen LogP contribution in [0.1, 0.15) is 39.9 Å². The predicted octanol–water partition coefficient (Wildman–Crippen LogP) is 2.14. The molecular formula is C12H18N4O2S2. The van der Waals surface area contributed by atoms with Gasteiger partial charge in [0, 0.05) is 4.88 Å². The van der Waals surface area contributed by atoms with Crippen LogP contribution in [0.3, 0.4) is 0 Å². The van der Waals surface area contributed by atoms with Gasteiger partial charge in [-0.15, -0.1) is 11.3 Å². The lowest BCUT2D eigenvalue weighted by atomic mass is 10.2. The number of hydrogen-bond donors (Lipinski definition) is 2. The average molecular weight is 314 g/mol. The van der Waals surface area contributed by atoms with E-state index in [4.69, 9.17) is 0 Å². The molecule has 2 N–H and O–H groups in total. The zero-order valence-electron chi connectivity index (χ0n) is 12.1. The van der Waals surface area contributed by atoms with Gasteiger partial charge in [0.2, 0.25) is 10.0 Å². The van der Waals surface area contributed by atoms with Crippen LogP contribution in [0.25, 0.3) is 0 Å². The van der Waals surface area contributed by atoms with E-state index in [1.54, 1.807) is 13.8 Å². The van der Waals surface area contributed by atoms with Gasteiger partial charge in [-0.1, -0.05) is 0 Å². The topological polar surface area (TPSA) is 87.7 Å². The predicted molar refractivity (Wildman–Crippen MR) is 78.4 cm³/mol. The molecule has 6 nitrogen and oxygen atoms in total. The van der Waals surface area contributed by atoms with Crippen LogP contribution in [0.5, 0.6) is 0 Å². The number of rotatable bonds is 4. The number of nitrogens with zero attached hydrogens (tertiary/aromatic N) is 2. The molecule has 1 unspecified atom stereocenters. The number of hydrogen-bond acceptors (Lipinski definition) is 5. The molecule has 0 saturated heterocycles. The summed E-state index contributed by atoms with van der Waals surface area (Å²) >= 11 is 1.51. The van der Waals surface area contributed by atoms with Gasteiger partial charge in [-0.25, -0.2) is 18.1 Å². The molecule has 0 aliphatic carbocycles. The van der Waals surface area contributed by atoms with Gasteiger partial charge in [-0.2, -0.15) is 5.10 Å². The van der Waals surface area contributed by atoms with Gasteiger partial charge in [-0.05, 0) is 34.6 Å². The van der Waals surface area contributed by atoms with Crippen LogP contribution < -0.4 is 4.72 Å². The Hall–Kier alpha value is -1.25. The fourth-order valence-electron chi connectivity index (χ4n) is 2.23. The maximum atomic E-state index is 12.4. The molecule has 0 spiro atoms. The Kier molecular flexibility index (Phi) is 3.99. The van der Waals surface area contributed by atoms with Crippen LogP contribution in [0.2, 0.25) is 0 Å². The standard InChI is InChI=1S/C12H18N4O2S2/c1-6-11(19-10(5)13-6)7(2)16-20(17,18)12-8(3)14-15-9(12)4/h7,16H,1-5H3,(H,14,15). The number of nitrogens with one attached hydrogen (secondary N) is 2. The van der Waals surface area contributed by atoms with Crippen LogP contribution in [-0.2, 0) is 10.0 Å². The van der Waals surface area contributed by atoms with Gasteiger partial charge in [-0.3, -0.25) is 5.10 Å². The molecular weight excluding hydrogens is 296 g/mol. The number of aromatic nitrogens is 3. The Labute approximate surface area is 122 Å². The zero-order chi connectivity index (χ0) is 15.1. The maximum absolute atomic E-state index is 12.4. The van der Waals surface area contributed by atoms with Crippen molar-refractivity contribution < 1.29 is 8.42 Å². The molecule has 0 fully saturated rings. The maximum Gasteiger partial charge on any atom is 0.244 e. The van der Waals surface area contributed by atoms with Gasteiger partial charge in [0.15, 0.2) is 0 Å². The van der Waals surface area contributed by atoms with Crippen molar-refractivity contribution in [2.45, 2.75) is 45.6 Å².